The van der Waals surface area contributed by atoms with Gasteiger partial charge in [-0.25, -0.2) is 32.3 Å². The van der Waals surface area contributed by atoms with Gasteiger partial charge < -0.3 is 9.47 Å². The number of alkyl halides is 2. The number of rotatable bonds is 7. The van der Waals surface area contributed by atoms with Gasteiger partial charge in [0, 0.05) is 17.5 Å². The van der Waals surface area contributed by atoms with Crippen molar-refractivity contribution in [1.82, 2.24) is 19.6 Å². The Balaban J connectivity index is 1.41. The Hall–Kier alpha value is -1.99. The van der Waals surface area contributed by atoms with E-state index in [1.165, 1.54) is 12.0 Å². The molecule has 1 N–H and O–H groups in total. The number of carbonyl (C=O) groups is 1. The lowest BCUT2D eigenvalue weighted by Gasteiger charge is -2.32. The molecule has 13 heteroatoms. The fraction of sp³-hybridized carbons (Fsp3) is 0.750. The smallest absolute Gasteiger partial charge is 0.410 e. The topological polar surface area (TPSA) is 111 Å². The van der Waals surface area contributed by atoms with Crippen molar-refractivity contribution in [3.63, 3.8) is 0 Å². The maximum absolute atomic E-state index is 13.2. The van der Waals surface area contributed by atoms with Crippen molar-refractivity contribution in [2.75, 3.05) is 13.7 Å². The Labute approximate surface area is 190 Å². The van der Waals surface area contributed by atoms with Gasteiger partial charge in [-0.15, -0.1) is 0 Å². The minimum Gasteiger partial charge on any atom is -0.453 e. The third kappa shape index (κ3) is 4.67. The number of ether oxygens (including phenoxy) is 2. The molecular formula is C20H27F3N4O5S. The van der Waals surface area contributed by atoms with Crippen LogP contribution in [0.5, 0.6) is 0 Å². The number of amides is 1. The fourth-order valence-corrected chi connectivity index (χ4v) is 6.13. The van der Waals surface area contributed by atoms with Crippen LogP contribution in [0.2, 0.25) is 0 Å². The maximum Gasteiger partial charge on any atom is 0.410 e. The van der Waals surface area contributed by atoms with Crippen LogP contribution in [0.25, 0.3) is 0 Å². The van der Waals surface area contributed by atoms with E-state index in [0.29, 0.717) is 18.7 Å². The number of nitrogens with zero attached hydrogens (tertiary/aromatic N) is 3. The molecule has 184 valence electrons. The largest absolute Gasteiger partial charge is 0.453 e. The summed E-state index contributed by atoms with van der Waals surface area (Å²) in [6.45, 7) is 1.68. The average Bonchev–Trinajstić information content (AvgIpc) is 3.42. The van der Waals surface area contributed by atoms with Crippen molar-refractivity contribution < 1.29 is 35.9 Å². The highest BCUT2D eigenvalue weighted by Gasteiger charge is 2.60. The van der Waals surface area contributed by atoms with E-state index in [0.717, 1.165) is 25.2 Å². The van der Waals surface area contributed by atoms with E-state index in [-0.39, 0.29) is 30.5 Å². The number of sulfonamides is 1. The summed E-state index contributed by atoms with van der Waals surface area (Å²) in [6, 6.07) is -2.13. The monoisotopic (exact) mass is 492 g/mol. The lowest BCUT2D eigenvalue weighted by Crippen LogP contribution is -2.51. The summed E-state index contributed by atoms with van der Waals surface area (Å²) in [7, 11) is -3.64. The van der Waals surface area contributed by atoms with E-state index in [4.69, 9.17) is 9.47 Å². The van der Waals surface area contributed by atoms with Crippen molar-refractivity contribution in [2.45, 2.75) is 74.4 Å². The molecule has 0 unspecified atom stereocenters. The summed E-state index contributed by atoms with van der Waals surface area (Å²) in [5.41, 5.74) is -0.164. The second-order valence-electron chi connectivity index (χ2n) is 9.07. The second kappa shape index (κ2) is 8.99. The summed E-state index contributed by atoms with van der Waals surface area (Å²) in [4.78, 5) is 21.9. The van der Waals surface area contributed by atoms with Crippen molar-refractivity contribution >= 4 is 16.1 Å². The van der Waals surface area contributed by atoms with Crippen molar-refractivity contribution in [1.29, 1.82) is 0 Å². The molecule has 2 heterocycles. The molecule has 1 aromatic heterocycles. The molecule has 3 fully saturated rings. The molecule has 0 radical (unpaired) electrons. The number of hydrogen-bond donors (Lipinski definition) is 1. The molecule has 0 bridgehead atoms. The van der Waals surface area contributed by atoms with Crippen LogP contribution in [0.1, 0.15) is 44.9 Å². The normalized spacial score (nSPS) is 33.8. The van der Waals surface area contributed by atoms with E-state index in [9.17, 15) is 26.4 Å². The Kier molecular flexibility index (Phi) is 6.58. The van der Waals surface area contributed by atoms with Gasteiger partial charge in [0.1, 0.15) is 5.82 Å². The Morgan fingerprint density at radius 3 is 2.64 bits per heavy atom. The van der Waals surface area contributed by atoms with Crippen LogP contribution in [0, 0.1) is 11.7 Å². The molecule has 1 amide bonds. The number of fused-ring (bicyclic) bond motifs is 1. The van der Waals surface area contributed by atoms with Crippen LogP contribution in [0.3, 0.4) is 0 Å². The molecule has 3 aliphatic rings. The first kappa shape index (κ1) is 24.1. The zero-order valence-corrected chi connectivity index (χ0v) is 19.1. The Morgan fingerprint density at radius 1 is 1.33 bits per heavy atom. The molecule has 1 aromatic rings. The minimum absolute atomic E-state index is 0.0205. The number of methoxy groups -OCH3 is 1. The van der Waals surface area contributed by atoms with Gasteiger partial charge in [0.05, 0.1) is 38.3 Å². The highest BCUT2D eigenvalue weighted by Crippen LogP contribution is 2.61. The lowest BCUT2D eigenvalue weighted by molar-refractivity contribution is -0.0103. The van der Waals surface area contributed by atoms with Crippen LogP contribution in [-0.4, -0.2) is 73.1 Å². The van der Waals surface area contributed by atoms with Gasteiger partial charge in [-0.1, -0.05) is 0 Å². The standard InChI is InChI=1S/C20H27F3N4O5S/c1-11-5-15(26-33(29,30)18(22)23)16(27(11)19(28)31-2)10-32-14-3-4-20(7-12(20)6-14)17-24-8-13(21)9-25-17/h8-9,11-12,14-16,18,26H,3-7,10H2,1-2H3/t11-,12+,14-,15+,16+,20+/m0/s1. The quantitative estimate of drug-likeness (QED) is 0.621. The number of likely N-dealkylation sites (tertiary alicyclic amines) is 1. The first-order valence-electron chi connectivity index (χ1n) is 10.8. The van der Waals surface area contributed by atoms with Gasteiger partial charge >= 0.3 is 11.9 Å². The van der Waals surface area contributed by atoms with Crippen LogP contribution in [-0.2, 0) is 24.9 Å². The number of halogens is 3. The highest BCUT2D eigenvalue weighted by atomic mass is 32.2. The summed E-state index contributed by atoms with van der Waals surface area (Å²) < 4.78 is 75.4. The summed E-state index contributed by atoms with van der Waals surface area (Å²) in [5, 5.41) is 0. The number of carbonyl (C=O) groups excluding carboxylic acids is 1. The van der Waals surface area contributed by atoms with Gasteiger partial charge in [-0.3, -0.25) is 4.90 Å². The molecule has 0 spiro atoms. The number of nitrogens with one attached hydrogen (secondary N) is 1. The van der Waals surface area contributed by atoms with Crippen molar-refractivity contribution in [3.8, 4) is 0 Å². The fourth-order valence-electron chi connectivity index (χ4n) is 5.36. The third-order valence-corrected chi connectivity index (χ3v) is 8.19. The van der Waals surface area contributed by atoms with E-state index < -0.39 is 45.8 Å². The first-order chi connectivity index (χ1) is 15.6. The molecule has 9 nitrogen and oxygen atoms in total. The predicted octanol–water partition coefficient (Wildman–Crippen LogP) is 2.18. The van der Waals surface area contributed by atoms with E-state index in [2.05, 4.69) is 9.97 Å². The molecule has 33 heavy (non-hydrogen) atoms. The minimum atomic E-state index is -4.84. The molecule has 4 rings (SSSR count). The molecular weight excluding hydrogens is 465 g/mol. The lowest BCUT2D eigenvalue weighted by atomic mass is 9.86. The van der Waals surface area contributed by atoms with Crippen LogP contribution in [0.4, 0.5) is 18.0 Å². The van der Waals surface area contributed by atoms with Crippen LogP contribution in [0.15, 0.2) is 12.4 Å². The molecule has 0 aromatic carbocycles. The van der Waals surface area contributed by atoms with Gasteiger partial charge in [0.2, 0.25) is 0 Å². The van der Waals surface area contributed by atoms with Crippen LogP contribution < -0.4 is 4.72 Å². The van der Waals surface area contributed by atoms with Crippen molar-refractivity contribution in [3.05, 3.63) is 24.0 Å². The maximum atomic E-state index is 13.2. The highest BCUT2D eigenvalue weighted by molar-refractivity contribution is 7.89. The van der Waals surface area contributed by atoms with Crippen molar-refractivity contribution in [2.24, 2.45) is 5.92 Å². The number of aromatic nitrogens is 2. The van der Waals surface area contributed by atoms with Gasteiger partial charge in [-0.2, -0.15) is 8.78 Å². The molecule has 2 aliphatic carbocycles. The zero-order chi connectivity index (χ0) is 24.0. The molecule has 2 saturated carbocycles. The SMILES string of the molecule is COC(=O)N1[C@H](CO[C@H]2CC[C@@]3(c4ncc(F)cn4)C[C@H]3C2)[C@H](NS(=O)(=O)C(F)F)C[C@@H]1C. The Bertz CT molecular complexity index is 982. The Morgan fingerprint density at radius 2 is 2.03 bits per heavy atom. The van der Waals surface area contributed by atoms with E-state index in [1.54, 1.807) is 6.92 Å². The zero-order valence-electron chi connectivity index (χ0n) is 18.3. The van der Waals surface area contributed by atoms with Gasteiger partial charge in [-0.05, 0) is 44.9 Å². The molecule has 1 aliphatic heterocycles. The average molecular weight is 493 g/mol. The summed E-state index contributed by atoms with van der Waals surface area (Å²) in [6.07, 6.45) is 4.72. The molecule has 6 atom stereocenters. The number of hydrogen-bond acceptors (Lipinski definition) is 7. The third-order valence-electron chi connectivity index (χ3n) is 7.09. The summed E-state index contributed by atoms with van der Waals surface area (Å²) in [5.74, 6) is -3.14. The first-order valence-corrected chi connectivity index (χ1v) is 12.4. The van der Waals surface area contributed by atoms with E-state index in [1.807, 2.05) is 4.72 Å². The van der Waals surface area contributed by atoms with Crippen LogP contribution >= 0.6 is 0 Å². The molecule has 1 saturated heterocycles. The van der Waals surface area contributed by atoms with Gasteiger partial charge in [0.15, 0.2) is 5.82 Å². The summed E-state index contributed by atoms with van der Waals surface area (Å²) >= 11 is 0. The van der Waals surface area contributed by atoms with Gasteiger partial charge in [0.25, 0.3) is 10.0 Å². The predicted molar refractivity (Wildman–Crippen MR) is 109 cm³/mol. The second-order valence-corrected chi connectivity index (χ2v) is 10.8. The van der Waals surface area contributed by atoms with E-state index >= 15 is 0 Å².